The first-order valence-electron chi connectivity index (χ1n) is 11.3. The molecule has 8 heteroatoms. The quantitative estimate of drug-likeness (QED) is 0.571. The van der Waals surface area contributed by atoms with E-state index in [1.807, 2.05) is 17.9 Å². The van der Waals surface area contributed by atoms with Crippen molar-refractivity contribution >= 4 is 18.0 Å². The number of piperazine rings is 1. The maximum atomic E-state index is 12.7. The van der Waals surface area contributed by atoms with Crippen molar-refractivity contribution in [2.75, 3.05) is 59.5 Å². The normalized spacial score (nSPS) is 18.1. The van der Waals surface area contributed by atoms with E-state index in [0.717, 1.165) is 32.4 Å². The van der Waals surface area contributed by atoms with Crippen LogP contribution in [0.1, 0.15) is 25.3 Å². The molecular formula is C23H35N5O3. The van der Waals surface area contributed by atoms with Gasteiger partial charge >= 0.3 is 6.09 Å². The highest BCUT2D eigenvalue weighted by Crippen LogP contribution is 2.21. The van der Waals surface area contributed by atoms with Gasteiger partial charge in [-0.25, -0.2) is 4.79 Å². The highest BCUT2D eigenvalue weighted by Gasteiger charge is 2.26. The Hall–Kier alpha value is -2.77. The molecule has 2 aliphatic rings. The molecule has 170 valence electrons. The Balaban J connectivity index is 1.38. The van der Waals surface area contributed by atoms with Crippen molar-refractivity contribution in [2.45, 2.75) is 26.2 Å². The lowest BCUT2D eigenvalue weighted by Crippen LogP contribution is -2.55. The minimum Gasteiger partial charge on any atom is -0.450 e. The summed E-state index contributed by atoms with van der Waals surface area (Å²) in [5.41, 5.74) is 1.38. The Morgan fingerprint density at radius 2 is 1.65 bits per heavy atom. The maximum absolute atomic E-state index is 12.7. The number of piperidine rings is 1. The van der Waals surface area contributed by atoms with Gasteiger partial charge < -0.3 is 24.8 Å². The third-order valence-corrected chi connectivity index (χ3v) is 6.05. The fraction of sp³-hybridized carbons (Fsp3) is 0.609. The molecule has 2 amide bonds. The average molecular weight is 430 g/mol. The van der Waals surface area contributed by atoms with Crippen LogP contribution in [0, 0.1) is 5.92 Å². The molecule has 0 saturated carbocycles. The molecule has 1 aromatic rings. The van der Waals surface area contributed by atoms with E-state index in [1.54, 1.807) is 11.9 Å². The van der Waals surface area contributed by atoms with Gasteiger partial charge in [0.1, 0.15) is 0 Å². The number of hydrogen-bond acceptors (Lipinski definition) is 4. The van der Waals surface area contributed by atoms with Crippen molar-refractivity contribution in [3.8, 4) is 0 Å². The van der Waals surface area contributed by atoms with Gasteiger partial charge in [-0.05, 0) is 37.7 Å². The molecule has 2 heterocycles. The molecule has 0 atom stereocenters. The monoisotopic (exact) mass is 429 g/mol. The first-order chi connectivity index (χ1) is 15.1. The van der Waals surface area contributed by atoms with Crippen molar-refractivity contribution in [3.05, 3.63) is 35.9 Å². The van der Waals surface area contributed by atoms with Gasteiger partial charge in [0.2, 0.25) is 5.91 Å². The SMILES string of the molecule is CCOC(=O)N1CCN(C(=NC)NCC(=O)N2CCC(Cc3ccccc3)CC2)CC1. The summed E-state index contributed by atoms with van der Waals surface area (Å²) in [6.07, 6.45) is 2.91. The Labute approximate surface area is 185 Å². The number of nitrogens with zero attached hydrogens (tertiary/aromatic N) is 4. The molecule has 0 radical (unpaired) electrons. The lowest BCUT2D eigenvalue weighted by Gasteiger charge is -2.36. The number of guanidine groups is 1. The number of ether oxygens (including phenoxy) is 1. The minimum absolute atomic E-state index is 0.115. The highest BCUT2D eigenvalue weighted by molar-refractivity contribution is 5.86. The third-order valence-electron chi connectivity index (χ3n) is 6.05. The van der Waals surface area contributed by atoms with Crippen LogP contribution in [0.25, 0.3) is 0 Å². The summed E-state index contributed by atoms with van der Waals surface area (Å²) in [6.45, 7) is 6.56. The molecule has 0 aliphatic carbocycles. The van der Waals surface area contributed by atoms with Gasteiger partial charge in [-0.3, -0.25) is 9.79 Å². The fourth-order valence-electron chi connectivity index (χ4n) is 4.25. The maximum Gasteiger partial charge on any atom is 0.409 e. The van der Waals surface area contributed by atoms with Crippen LogP contribution in [0.4, 0.5) is 4.79 Å². The Bertz CT molecular complexity index is 739. The van der Waals surface area contributed by atoms with Gasteiger partial charge in [0, 0.05) is 46.3 Å². The van der Waals surface area contributed by atoms with E-state index in [2.05, 4.69) is 39.5 Å². The predicted octanol–water partition coefficient (Wildman–Crippen LogP) is 1.82. The van der Waals surface area contributed by atoms with Crippen molar-refractivity contribution in [2.24, 2.45) is 10.9 Å². The van der Waals surface area contributed by atoms with E-state index >= 15 is 0 Å². The van der Waals surface area contributed by atoms with E-state index in [0.29, 0.717) is 44.7 Å². The van der Waals surface area contributed by atoms with Gasteiger partial charge in [-0.1, -0.05) is 30.3 Å². The van der Waals surface area contributed by atoms with Gasteiger partial charge in [0.25, 0.3) is 0 Å². The van der Waals surface area contributed by atoms with Gasteiger partial charge in [-0.15, -0.1) is 0 Å². The van der Waals surface area contributed by atoms with Gasteiger partial charge in [0.15, 0.2) is 5.96 Å². The van der Waals surface area contributed by atoms with Crippen LogP contribution >= 0.6 is 0 Å². The smallest absolute Gasteiger partial charge is 0.409 e. The molecule has 1 N–H and O–H groups in total. The number of hydrogen-bond donors (Lipinski definition) is 1. The van der Waals surface area contributed by atoms with E-state index in [1.165, 1.54) is 5.56 Å². The van der Waals surface area contributed by atoms with Crippen LogP contribution in [0.3, 0.4) is 0 Å². The molecular weight excluding hydrogens is 394 g/mol. The number of carbonyl (C=O) groups is 2. The number of benzene rings is 1. The van der Waals surface area contributed by atoms with E-state index in [4.69, 9.17) is 4.74 Å². The zero-order valence-corrected chi connectivity index (χ0v) is 18.8. The standard InChI is InChI=1S/C23H35N5O3/c1-3-31-23(30)28-15-13-27(14-16-28)22(24-2)25-18-21(29)26-11-9-20(10-12-26)17-19-7-5-4-6-8-19/h4-8,20H,3,9-18H2,1-2H3,(H,24,25). The summed E-state index contributed by atoms with van der Waals surface area (Å²) in [5, 5.41) is 3.21. The molecule has 8 nitrogen and oxygen atoms in total. The number of amides is 2. The number of rotatable bonds is 5. The summed E-state index contributed by atoms with van der Waals surface area (Å²) in [7, 11) is 1.72. The summed E-state index contributed by atoms with van der Waals surface area (Å²) < 4.78 is 5.06. The Morgan fingerprint density at radius 3 is 2.26 bits per heavy atom. The van der Waals surface area contributed by atoms with Gasteiger partial charge in [-0.2, -0.15) is 0 Å². The molecule has 3 rings (SSSR count). The van der Waals surface area contributed by atoms with Crippen LogP contribution in [0.15, 0.2) is 35.3 Å². The molecule has 2 fully saturated rings. The second kappa shape index (κ2) is 11.6. The molecule has 0 unspecified atom stereocenters. The van der Waals surface area contributed by atoms with E-state index in [-0.39, 0.29) is 18.5 Å². The predicted molar refractivity (Wildman–Crippen MR) is 121 cm³/mol. The molecule has 0 bridgehead atoms. The number of nitrogens with one attached hydrogen (secondary N) is 1. The number of carbonyl (C=O) groups excluding carboxylic acids is 2. The lowest BCUT2D eigenvalue weighted by atomic mass is 9.90. The zero-order chi connectivity index (χ0) is 22.1. The van der Waals surface area contributed by atoms with Crippen LogP contribution in [0.2, 0.25) is 0 Å². The summed E-state index contributed by atoms with van der Waals surface area (Å²) >= 11 is 0. The zero-order valence-electron chi connectivity index (χ0n) is 18.8. The van der Waals surface area contributed by atoms with E-state index < -0.39 is 0 Å². The van der Waals surface area contributed by atoms with Crippen molar-refractivity contribution in [1.82, 2.24) is 20.0 Å². The van der Waals surface area contributed by atoms with Crippen LogP contribution in [-0.4, -0.2) is 92.1 Å². The topological polar surface area (TPSA) is 77.5 Å². The van der Waals surface area contributed by atoms with Gasteiger partial charge in [0.05, 0.1) is 13.2 Å². The second-order valence-electron chi connectivity index (χ2n) is 8.09. The molecule has 0 spiro atoms. The first-order valence-corrected chi connectivity index (χ1v) is 11.3. The number of likely N-dealkylation sites (tertiary alicyclic amines) is 1. The van der Waals surface area contributed by atoms with Crippen LogP contribution < -0.4 is 5.32 Å². The Morgan fingerprint density at radius 1 is 1.00 bits per heavy atom. The summed E-state index contributed by atoms with van der Waals surface area (Å²) in [4.78, 5) is 34.6. The summed E-state index contributed by atoms with van der Waals surface area (Å²) in [6, 6.07) is 10.6. The molecule has 2 saturated heterocycles. The van der Waals surface area contributed by atoms with Crippen molar-refractivity contribution < 1.29 is 14.3 Å². The minimum atomic E-state index is -0.268. The van der Waals surface area contributed by atoms with Crippen LogP contribution in [-0.2, 0) is 16.0 Å². The fourth-order valence-corrected chi connectivity index (χ4v) is 4.25. The highest BCUT2D eigenvalue weighted by atomic mass is 16.6. The third kappa shape index (κ3) is 6.60. The summed E-state index contributed by atoms with van der Waals surface area (Å²) in [5.74, 6) is 1.46. The Kier molecular flexibility index (Phi) is 8.55. The van der Waals surface area contributed by atoms with E-state index in [9.17, 15) is 9.59 Å². The molecule has 31 heavy (non-hydrogen) atoms. The number of aliphatic imine (C=N–C) groups is 1. The van der Waals surface area contributed by atoms with Crippen molar-refractivity contribution in [1.29, 1.82) is 0 Å². The lowest BCUT2D eigenvalue weighted by molar-refractivity contribution is -0.131. The first kappa shape index (κ1) is 22.9. The molecule has 2 aliphatic heterocycles. The second-order valence-corrected chi connectivity index (χ2v) is 8.09. The molecule has 0 aromatic heterocycles. The molecule has 1 aromatic carbocycles. The van der Waals surface area contributed by atoms with Crippen molar-refractivity contribution in [3.63, 3.8) is 0 Å². The largest absolute Gasteiger partial charge is 0.450 e. The average Bonchev–Trinajstić information content (AvgIpc) is 2.81. The van der Waals surface area contributed by atoms with Crippen LogP contribution in [0.5, 0.6) is 0 Å².